The Kier molecular flexibility index (Phi) is 2.65. The summed E-state index contributed by atoms with van der Waals surface area (Å²) < 4.78 is 5.55. The average molecular weight is 220 g/mol. The topological polar surface area (TPSA) is 12.5 Å². The maximum absolute atomic E-state index is 5.55. The van der Waals surface area contributed by atoms with Gasteiger partial charge < -0.3 is 4.74 Å². The van der Waals surface area contributed by atoms with Crippen LogP contribution in [0.25, 0.3) is 0 Å². The average Bonchev–Trinajstić information content (AvgIpc) is 3.18. The molecule has 1 saturated heterocycles. The number of rotatable bonds is 1. The fourth-order valence-electron chi connectivity index (χ4n) is 1.79. The Bertz CT molecular complexity index is 548. The second kappa shape index (κ2) is 4.45. The smallest absolute Gasteiger partial charge is 0.149 e. The van der Waals surface area contributed by atoms with Gasteiger partial charge in [0.2, 0.25) is 0 Å². The van der Waals surface area contributed by atoms with E-state index in [0.29, 0.717) is 0 Å². The van der Waals surface area contributed by atoms with Crippen molar-refractivity contribution in [2.75, 3.05) is 0 Å². The lowest BCUT2D eigenvalue weighted by Crippen LogP contribution is -1.84. The minimum absolute atomic E-state index is 0.0533. The van der Waals surface area contributed by atoms with Gasteiger partial charge in [-0.2, -0.15) is 0 Å². The molecule has 82 valence electrons. The predicted octanol–water partition coefficient (Wildman–Crippen LogP) is 3.18. The van der Waals surface area contributed by atoms with E-state index in [0.717, 1.165) is 5.56 Å². The quantitative estimate of drug-likeness (QED) is 0.531. The van der Waals surface area contributed by atoms with Gasteiger partial charge in [0.15, 0.2) is 0 Å². The summed E-state index contributed by atoms with van der Waals surface area (Å²) in [5.74, 6) is 6.28. The van der Waals surface area contributed by atoms with Crippen molar-refractivity contribution < 1.29 is 4.74 Å². The zero-order chi connectivity index (χ0) is 11.5. The van der Waals surface area contributed by atoms with Crippen LogP contribution in [0, 0.1) is 11.8 Å². The molecule has 0 N–H and O–H groups in total. The van der Waals surface area contributed by atoms with E-state index in [9.17, 15) is 0 Å². The molecule has 1 nitrogen and oxygen atoms in total. The van der Waals surface area contributed by atoms with Crippen LogP contribution in [0.1, 0.15) is 17.2 Å². The van der Waals surface area contributed by atoms with Gasteiger partial charge >= 0.3 is 0 Å². The first-order chi connectivity index (χ1) is 8.43. The Morgan fingerprint density at radius 1 is 0.824 bits per heavy atom. The number of ether oxygens (including phenoxy) is 1. The largest absolute Gasteiger partial charge is 0.351 e. The molecule has 1 heteroatoms. The number of hydrogen-bond donors (Lipinski definition) is 0. The van der Waals surface area contributed by atoms with E-state index in [1.54, 1.807) is 0 Å². The van der Waals surface area contributed by atoms with Crippen molar-refractivity contribution in [3.05, 3.63) is 71.8 Å². The van der Waals surface area contributed by atoms with E-state index >= 15 is 0 Å². The number of epoxide rings is 1. The Balaban J connectivity index is 1.69. The van der Waals surface area contributed by atoms with E-state index < -0.39 is 0 Å². The molecule has 0 aliphatic carbocycles. The third kappa shape index (κ3) is 2.38. The molecule has 0 aromatic heterocycles. The van der Waals surface area contributed by atoms with E-state index in [2.05, 4.69) is 24.0 Å². The first-order valence-electron chi connectivity index (χ1n) is 5.70. The van der Waals surface area contributed by atoms with Crippen molar-refractivity contribution in [1.29, 1.82) is 0 Å². The predicted molar refractivity (Wildman–Crippen MR) is 67.4 cm³/mol. The Hall–Kier alpha value is -2.04. The Morgan fingerprint density at radius 2 is 1.47 bits per heavy atom. The molecule has 0 radical (unpaired) electrons. The lowest BCUT2D eigenvalue weighted by atomic mass is 10.1. The van der Waals surface area contributed by atoms with Crippen LogP contribution in [-0.4, -0.2) is 6.10 Å². The van der Waals surface area contributed by atoms with Crippen LogP contribution >= 0.6 is 0 Å². The molecule has 2 aromatic carbocycles. The summed E-state index contributed by atoms with van der Waals surface area (Å²) in [5.41, 5.74) is 2.25. The molecule has 2 aromatic rings. The normalized spacial score (nSPS) is 21.4. The molecule has 0 spiro atoms. The summed E-state index contributed by atoms with van der Waals surface area (Å²) in [5, 5.41) is 0. The van der Waals surface area contributed by atoms with Gasteiger partial charge in [0.25, 0.3) is 0 Å². The van der Waals surface area contributed by atoms with E-state index in [1.165, 1.54) is 5.56 Å². The van der Waals surface area contributed by atoms with Crippen LogP contribution in [-0.2, 0) is 4.74 Å². The highest BCUT2D eigenvalue weighted by atomic mass is 16.6. The lowest BCUT2D eigenvalue weighted by molar-refractivity contribution is 0.397. The standard InChI is InChI=1S/C16H12O/c1-3-7-13(8-4-1)11-12-15-16(17-15)14-9-5-2-6-10-14/h1-10,15-16H/t15-,16-/m0/s1. The van der Waals surface area contributed by atoms with E-state index in [1.807, 2.05) is 48.5 Å². The Morgan fingerprint density at radius 3 is 2.18 bits per heavy atom. The van der Waals surface area contributed by atoms with Gasteiger partial charge in [0.05, 0.1) is 0 Å². The zero-order valence-corrected chi connectivity index (χ0v) is 9.34. The van der Waals surface area contributed by atoms with Gasteiger partial charge in [-0.25, -0.2) is 0 Å². The third-order valence-corrected chi connectivity index (χ3v) is 2.75. The summed E-state index contributed by atoms with van der Waals surface area (Å²) >= 11 is 0. The van der Waals surface area contributed by atoms with Crippen LogP contribution < -0.4 is 0 Å². The number of hydrogen-bond acceptors (Lipinski definition) is 1. The molecule has 3 rings (SSSR count). The second-order valence-electron chi connectivity index (χ2n) is 4.02. The van der Waals surface area contributed by atoms with Crippen LogP contribution in [0.5, 0.6) is 0 Å². The summed E-state index contributed by atoms with van der Waals surface area (Å²) in [6.07, 6.45) is 0.213. The third-order valence-electron chi connectivity index (χ3n) is 2.75. The molecule has 0 amide bonds. The molecule has 1 aliphatic rings. The van der Waals surface area contributed by atoms with Gasteiger partial charge in [-0.05, 0) is 17.7 Å². The molecule has 0 unspecified atom stereocenters. The minimum Gasteiger partial charge on any atom is -0.351 e. The highest BCUT2D eigenvalue weighted by molar-refractivity contribution is 5.37. The van der Waals surface area contributed by atoms with Gasteiger partial charge in [-0.15, -0.1) is 0 Å². The Labute approximate surface area is 101 Å². The van der Waals surface area contributed by atoms with Gasteiger partial charge in [-0.3, -0.25) is 0 Å². The minimum atomic E-state index is 0.0533. The van der Waals surface area contributed by atoms with Crippen molar-refractivity contribution in [3.8, 4) is 11.8 Å². The van der Waals surface area contributed by atoms with E-state index in [-0.39, 0.29) is 12.2 Å². The van der Waals surface area contributed by atoms with Crippen LogP contribution in [0.4, 0.5) is 0 Å². The molecule has 1 aliphatic heterocycles. The fourth-order valence-corrected chi connectivity index (χ4v) is 1.79. The van der Waals surface area contributed by atoms with Crippen molar-refractivity contribution in [1.82, 2.24) is 0 Å². The van der Waals surface area contributed by atoms with Gasteiger partial charge in [0, 0.05) is 5.56 Å². The van der Waals surface area contributed by atoms with Crippen molar-refractivity contribution >= 4 is 0 Å². The molecule has 17 heavy (non-hydrogen) atoms. The van der Waals surface area contributed by atoms with Crippen LogP contribution in [0.3, 0.4) is 0 Å². The number of benzene rings is 2. The van der Waals surface area contributed by atoms with Crippen LogP contribution in [0.2, 0.25) is 0 Å². The van der Waals surface area contributed by atoms with Crippen molar-refractivity contribution in [2.45, 2.75) is 12.2 Å². The van der Waals surface area contributed by atoms with Crippen LogP contribution in [0.15, 0.2) is 60.7 Å². The SMILES string of the molecule is C(#C[C@@H]1O[C@H]1c1ccccc1)c1ccccc1. The summed E-state index contributed by atoms with van der Waals surface area (Å²) in [6, 6.07) is 20.2. The first-order valence-corrected chi connectivity index (χ1v) is 5.70. The summed E-state index contributed by atoms with van der Waals surface area (Å²) in [4.78, 5) is 0. The summed E-state index contributed by atoms with van der Waals surface area (Å²) in [7, 11) is 0. The summed E-state index contributed by atoms with van der Waals surface area (Å²) in [6.45, 7) is 0. The van der Waals surface area contributed by atoms with Crippen molar-refractivity contribution in [3.63, 3.8) is 0 Å². The molecule has 0 bridgehead atoms. The highest BCUT2D eigenvalue weighted by Crippen LogP contribution is 2.37. The molecular weight excluding hydrogens is 208 g/mol. The molecule has 1 heterocycles. The van der Waals surface area contributed by atoms with Gasteiger partial charge in [-0.1, -0.05) is 60.4 Å². The lowest BCUT2D eigenvalue weighted by Gasteiger charge is -1.91. The maximum Gasteiger partial charge on any atom is 0.149 e. The highest BCUT2D eigenvalue weighted by Gasteiger charge is 2.38. The first kappa shape index (κ1) is 10.1. The molecule has 1 fully saturated rings. The second-order valence-corrected chi connectivity index (χ2v) is 4.02. The fraction of sp³-hybridized carbons (Fsp3) is 0.125. The molecule has 0 saturated carbocycles. The van der Waals surface area contributed by atoms with Crippen molar-refractivity contribution in [2.24, 2.45) is 0 Å². The monoisotopic (exact) mass is 220 g/mol. The molecular formula is C16H12O. The zero-order valence-electron chi connectivity index (χ0n) is 9.34. The van der Waals surface area contributed by atoms with E-state index in [4.69, 9.17) is 4.74 Å². The van der Waals surface area contributed by atoms with Gasteiger partial charge in [0.1, 0.15) is 12.2 Å². The molecule has 2 atom stereocenters. The maximum atomic E-state index is 5.55.